The molecule has 1 fully saturated rings. The molecule has 1 heterocycles. The van der Waals surface area contributed by atoms with E-state index in [4.69, 9.17) is 16.3 Å². The number of hydrogen-bond acceptors (Lipinski definition) is 3. The molecule has 0 unspecified atom stereocenters. The average molecular weight is 313 g/mol. The molecular weight excluding hydrogens is 296 g/mol. The number of urea groups is 1. The fourth-order valence-electron chi connectivity index (χ4n) is 2.15. The van der Waals surface area contributed by atoms with Gasteiger partial charge in [-0.15, -0.1) is 0 Å². The first kappa shape index (κ1) is 15.6. The smallest absolute Gasteiger partial charge is 0.331 e. The van der Waals surface area contributed by atoms with Crippen molar-refractivity contribution in [1.82, 2.24) is 10.2 Å². The highest BCUT2D eigenvalue weighted by Gasteiger charge is 2.26. The van der Waals surface area contributed by atoms with Gasteiger partial charge >= 0.3 is 12.0 Å². The number of carbonyl (C=O) groups excluding carboxylic acids is 1. The number of amides is 2. The molecule has 0 aliphatic carbocycles. The molecule has 1 saturated heterocycles. The van der Waals surface area contributed by atoms with E-state index in [0.29, 0.717) is 36.9 Å². The second kappa shape index (κ2) is 7.28. The van der Waals surface area contributed by atoms with Gasteiger partial charge in [0, 0.05) is 30.3 Å². The van der Waals surface area contributed by atoms with Crippen molar-refractivity contribution in [3.63, 3.8) is 0 Å². The topological polar surface area (TPSA) is 78.9 Å². The minimum Gasteiger partial charge on any atom is -0.479 e. The van der Waals surface area contributed by atoms with Gasteiger partial charge in [-0.1, -0.05) is 29.8 Å². The Labute approximate surface area is 127 Å². The monoisotopic (exact) mass is 312 g/mol. The molecule has 1 aliphatic rings. The Morgan fingerprint density at radius 3 is 2.76 bits per heavy atom. The number of nitrogens with one attached hydrogen (secondary N) is 1. The Bertz CT molecular complexity index is 515. The SMILES string of the molecule is O=C(O)[C@H](NC(=O)N1CCCOCC1)c1ccccc1Cl. The highest BCUT2D eigenvalue weighted by atomic mass is 35.5. The number of carboxylic acids is 1. The predicted molar refractivity (Wildman–Crippen MR) is 77.4 cm³/mol. The first-order valence-electron chi connectivity index (χ1n) is 6.70. The molecule has 2 amide bonds. The summed E-state index contributed by atoms with van der Waals surface area (Å²) >= 11 is 6.01. The van der Waals surface area contributed by atoms with E-state index < -0.39 is 18.0 Å². The Balaban J connectivity index is 2.11. The van der Waals surface area contributed by atoms with Gasteiger partial charge in [-0.05, 0) is 12.5 Å². The lowest BCUT2D eigenvalue weighted by Crippen LogP contribution is -2.44. The summed E-state index contributed by atoms with van der Waals surface area (Å²) in [6.07, 6.45) is 0.733. The number of aliphatic carboxylic acids is 1. The van der Waals surface area contributed by atoms with Crippen LogP contribution in [0.4, 0.5) is 4.79 Å². The molecular formula is C14H17ClN2O4. The fraction of sp³-hybridized carbons (Fsp3) is 0.429. The van der Waals surface area contributed by atoms with Crippen LogP contribution >= 0.6 is 11.6 Å². The number of carboxylic acid groups (broad SMARTS) is 1. The van der Waals surface area contributed by atoms with Gasteiger partial charge in [-0.3, -0.25) is 0 Å². The normalized spacial score (nSPS) is 16.9. The van der Waals surface area contributed by atoms with E-state index in [2.05, 4.69) is 5.32 Å². The largest absolute Gasteiger partial charge is 0.479 e. The Hall–Kier alpha value is -1.79. The van der Waals surface area contributed by atoms with E-state index in [9.17, 15) is 14.7 Å². The molecule has 114 valence electrons. The van der Waals surface area contributed by atoms with Gasteiger partial charge in [0.05, 0.1) is 6.61 Å². The number of benzene rings is 1. The van der Waals surface area contributed by atoms with Crippen LogP contribution in [-0.2, 0) is 9.53 Å². The highest BCUT2D eigenvalue weighted by Crippen LogP contribution is 2.23. The van der Waals surface area contributed by atoms with Crippen LogP contribution in [0.1, 0.15) is 18.0 Å². The number of hydrogen-bond donors (Lipinski definition) is 2. The first-order chi connectivity index (χ1) is 10.1. The Kier molecular flexibility index (Phi) is 5.41. The maximum Gasteiger partial charge on any atom is 0.331 e. The zero-order valence-electron chi connectivity index (χ0n) is 11.4. The zero-order chi connectivity index (χ0) is 15.2. The third-order valence-corrected chi connectivity index (χ3v) is 3.58. The molecule has 1 atom stereocenters. The zero-order valence-corrected chi connectivity index (χ0v) is 12.2. The first-order valence-corrected chi connectivity index (χ1v) is 7.08. The van der Waals surface area contributed by atoms with Crippen LogP contribution in [0.2, 0.25) is 5.02 Å². The second-order valence-electron chi connectivity index (χ2n) is 4.70. The van der Waals surface area contributed by atoms with Crippen LogP contribution in [-0.4, -0.2) is 48.3 Å². The molecule has 1 aromatic rings. The predicted octanol–water partition coefficient (Wildman–Crippen LogP) is 1.90. The second-order valence-corrected chi connectivity index (χ2v) is 5.10. The Morgan fingerprint density at radius 1 is 1.29 bits per heavy atom. The number of rotatable bonds is 3. The third-order valence-electron chi connectivity index (χ3n) is 3.24. The van der Waals surface area contributed by atoms with Crippen LogP contribution in [0.5, 0.6) is 0 Å². The van der Waals surface area contributed by atoms with Gasteiger partial charge in [-0.25, -0.2) is 9.59 Å². The van der Waals surface area contributed by atoms with E-state index in [1.165, 1.54) is 0 Å². The highest BCUT2D eigenvalue weighted by molar-refractivity contribution is 6.31. The summed E-state index contributed by atoms with van der Waals surface area (Å²) in [7, 11) is 0. The molecule has 0 aromatic heterocycles. The minimum absolute atomic E-state index is 0.310. The van der Waals surface area contributed by atoms with E-state index in [1.54, 1.807) is 29.2 Å². The van der Waals surface area contributed by atoms with Gasteiger partial charge in [-0.2, -0.15) is 0 Å². The summed E-state index contributed by atoms with van der Waals surface area (Å²) in [5.41, 5.74) is 0.367. The third kappa shape index (κ3) is 4.09. The molecule has 2 rings (SSSR count). The number of carbonyl (C=O) groups is 2. The van der Waals surface area contributed by atoms with Gasteiger partial charge in [0.2, 0.25) is 0 Å². The van der Waals surface area contributed by atoms with Crippen molar-refractivity contribution >= 4 is 23.6 Å². The fourth-order valence-corrected chi connectivity index (χ4v) is 2.39. The maximum absolute atomic E-state index is 12.2. The van der Waals surface area contributed by atoms with Crippen LogP contribution in [0.15, 0.2) is 24.3 Å². The van der Waals surface area contributed by atoms with Crippen molar-refractivity contribution < 1.29 is 19.4 Å². The van der Waals surface area contributed by atoms with Crippen molar-refractivity contribution in [2.75, 3.05) is 26.3 Å². The van der Waals surface area contributed by atoms with E-state index in [-0.39, 0.29) is 0 Å². The van der Waals surface area contributed by atoms with E-state index >= 15 is 0 Å². The lowest BCUT2D eigenvalue weighted by Gasteiger charge is -2.23. The molecule has 7 heteroatoms. The molecule has 0 saturated carbocycles. The van der Waals surface area contributed by atoms with E-state index in [1.807, 2.05) is 0 Å². The average Bonchev–Trinajstić information content (AvgIpc) is 2.74. The summed E-state index contributed by atoms with van der Waals surface area (Å²) in [5.74, 6) is -1.15. The van der Waals surface area contributed by atoms with Gasteiger partial charge in [0.15, 0.2) is 6.04 Å². The van der Waals surface area contributed by atoms with Crippen molar-refractivity contribution in [3.8, 4) is 0 Å². The molecule has 0 spiro atoms. The van der Waals surface area contributed by atoms with Crippen LogP contribution in [0.3, 0.4) is 0 Å². The molecule has 6 nitrogen and oxygen atoms in total. The van der Waals surface area contributed by atoms with Crippen LogP contribution in [0, 0.1) is 0 Å². The molecule has 1 aromatic carbocycles. The lowest BCUT2D eigenvalue weighted by atomic mass is 10.1. The quantitative estimate of drug-likeness (QED) is 0.893. The summed E-state index contributed by atoms with van der Waals surface area (Å²) in [4.78, 5) is 25.2. The van der Waals surface area contributed by atoms with Crippen LogP contribution < -0.4 is 5.32 Å². The molecule has 0 bridgehead atoms. The summed E-state index contributed by atoms with van der Waals surface area (Å²) in [6, 6.07) is 4.98. The summed E-state index contributed by atoms with van der Waals surface area (Å²) in [6.45, 7) is 2.05. The molecule has 2 N–H and O–H groups in total. The molecule has 21 heavy (non-hydrogen) atoms. The maximum atomic E-state index is 12.2. The van der Waals surface area contributed by atoms with Crippen molar-refractivity contribution in [2.24, 2.45) is 0 Å². The van der Waals surface area contributed by atoms with Crippen LogP contribution in [0.25, 0.3) is 0 Å². The van der Waals surface area contributed by atoms with E-state index in [0.717, 1.165) is 6.42 Å². The summed E-state index contributed by atoms with van der Waals surface area (Å²) < 4.78 is 5.27. The lowest BCUT2D eigenvalue weighted by molar-refractivity contribution is -0.139. The van der Waals surface area contributed by atoms with Crippen molar-refractivity contribution in [1.29, 1.82) is 0 Å². The van der Waals surface area contributed by atoms with Gasteiger partial charge in [0.1, 0.15) is 0 Å². The number of nitrogens with zero attached hydrogens (tertiary/aromatic N) is 1. The number of ether oxygens (including phenoxy) is 1. The number of halogens is 1. The standard InChI is InChI=1S/C14H17ClN2O4/c15-11-5-2-1-4-10(11)12(13(18)19)16-14(20)17-6-3-8-21-9-7-17/h1-2,4-5,12H,3,6-9H2,(H,16,20)(H,18,19)/t12-/m1/s1. The minimum atomic E-state index is -1.17. The Morgan fingerprint density at radius 2 is 2.05 bits per heavy atom. The van der Waals surface area contributed by atoms with Crippen molar-refractivity contribution in [3.05, 3.63) is 34.9 Å². The molecule has 1 aliphatic heterocycles. The van der Waals surface area contributed by atoms with Crippen molar-refractivity contribution in [2.45, 2.75) is 12.5 Å². The van der Waals surface area contributed by atoms with Gasteiger partial charge < -0.3 is 20.1 Å². The van der Waals surface area contributed by atoms with Gasteiger partial charge in [0.25, 0.3) is 0 Å². The summed E-state index contributed by atoms with van der Waals surface area (Å²) in [5, 5.41) is 12.2. The molecule has 0 radical (unpaired) electrons.